The molecule has 2 heterocycles. The number of carboxylic acid groups (broad SMARTS) is 1. The van der Waals surface area contributed by atoms with Gasteiger partial charge in [-0.1, -0.05) is 0 Å². The van der Waals surface area contributed by atoms with Crippen LogP contribution in [0.25, 0.3) is 0 Å². The lowest BCUT2D eigenvalue weighted by Gasteiger charge is -2.38. The maximum atomic E-state index is 11.4. The van der Waals surface area contributed by atoms with Crippen molar-refractivity contribution in [2.24, 2.45) is 13.0 Å². The smallest absolute Gasteiger partial charge is 0.306 e. The Morgan fingerprint density at radius 1 is 1.47 bits per heavy atom. The summed E-state index contributed by atoms with van der Waals surface area (Å²) in [5.74, 6) is -1.01. The van der Waals surface area contributed by atoms with Gasteiger partial charge in [0.2, 0.25) is 0 Å². The van der Waals surface area contributed by atoms with Crippen molar-refractivity contribution >= 4 is 5.97 Å². The van der Waals surface area contributed by atoms with E-state index in [4.69, 9.17) is 4.74 Å². The molecule has 2 atom stereocenters. The van der Waals surface area contributed by atoms with E-state index in [2.05, 4.69) is 10.00 Å². The summed E-state index contributed by atoms with van der Waals surface area (Å²) in [5.41, 5.74) is 2.26. The number of morpholine rings is 1. The molecule has 0 bridgehead atoms. The molecule has 1 saturated heterocycles. The highest BCUT2D eigenvalue weighted by Crippen LogP contribution is 2.37. The maximum Gasteiger partial charge on any atom is 0.306 e. The van der Waals surface area contributed by atoms with Crippen LogP contribution in [0.4, 0.5) is 0 Å². The summed E-state index contributed by atoms with van der Waals surface area (Å²) >= 11 is 0. The SMILES string of the molecule is Cn1ncc2c1CC(C(=O)O)CC2N1CCOCC1. The Morgan fingerprint density at radius 2 is 2.21 bits per heavy atom. The van der Waals surface area contributed by atoms with Gasteiger partial charge in [-0.2, -0.15) is 5.10 Å². The molecule has 1 aliphatic heterocycles. The minimum Gasteiger partial charge on any atom is -0.481 e. The quantitative estimate of drug-likeness (QED) is 0.840. The van der Waals surface area contributed by atoms with Gasteiger partial charge in [-0.15, -0.1) is 0 Å². The van der Waals surface area contributed by atoms with Crippen molar-refractivity contribution in [2.45, 2.75) is 18.9 Å². The largest absolute Gasteiger partial charge is 0.481 e. The Hall–Kier alpha value is -1.40. The topological polar surface area (TPSA) is 67.6 Å². The third kappa shape index (κ3) is 2.26. The second-order valence-corrected chi connectivity index (χ2v) is 5.31. The van der Waals surface area contributed by atoms with Crippen LogP contribution in [0.5, 0.6) is 0 Å². The molecule has 0 radical (unpaired) electrons. The molecule has 1 N–H and O–H groups in total. The van der Waals surface area contributed by atoms with Crippen LogP contribution in [0.1, 0.15) is 23.7 Å². The first-order valence-corrected chi connectivity index (χ1v) is 6.72. The first-order chi connectivity index (χ1) is 9.16. The molecule has 2 unspecified atom stereocenters. The molecule has 1 fully saturated rings. The van der Waals surface area contributed by atoms with Crippen molar-refractivity contribution in [2.75, 3.05) is 26.3 Å². The van der Waals surface area contributed by atoms with Gasteiger partial charge in [-0.05, 0) is 6.42 Å². The van der Waals surface area contributed by atoms with Crippen LogP contribution in [-0.4, -0.2) is 52.1 Å². The average Bonchev–Trinajstić information content (AvgIpc) is 2.80. The molecular weight excluding hydrogens is 246 g/mol. The van der Waals surface area contributed by atoms with Crippen molar-refractivity contribution in [3.05, 3.63) is 17.5 Å². The first-order valence-electron chi connectivity index (χ1n) is 6.72. The van der Waals surface area contributed by atoms with Crippen LogP contribution in [0.3, 0.4) is 0 Å². The predicted octanol–water partition coefficient (Wildman–Crippen LogP) is 0.440. The summed E-state index contributed by atoms with van der Waals surface area (Å²) in [4.78, 5) is 13.7. The maximum absolute atomic E-state index is 11.4. The molecular formula is C13H19N3O3. The lowest BCUT2D eigenvalue weighted by molar-refractivity contribution is -0.143. The van der Waals surface area contributed by atoms with Crippen LogP contribution in [-0.2, 0) is 23.0 Å². The molecule has 0 saturated carbocycles. The zero-order valence-electron chi connectivity index (χ0n) is 11.1. The van der Waals surface area contributed by atoms with E-state index in [1.807, 2.05) is 17.9 Å². The Balaban J connectivity index is 1.91. The van der Waals surface area contributed by atoms with Gasteiger partial charge in [0.15, 0.2) is 0 Å². The van der Waals surface area contributed by atoms with Gasteiger partial charge in [-0.3, -0.25) is 14.4 Å². The summed E-state index contributed by atoms with van der Waals surface area (Å²) in [5, 5.41) is 13.6. The first kappa shape index (κ1) is 12.6. The third-order valence-corrected chi connectivity index (χ3v) is 4.24. The standard InChI is InChI=1S/C13H19N3O3/c1-15-11-6-9(13(17)18)7-12(10(11)8-14-15)16-2-4-19-5-3-16/h8-9,12H,2-7H2,1H3,(H,17,18). The fourth-order valence-electron chi connectivity index (χ4n) is 3.14. The van der Waals surface area contributed by atoms with E-state index in [-0.39, 0.29) is 12.0 Å². The predicted molar refractivity (Wildman–Crippen MR) is 67.8 cm³/mol. The summed E-state index contributed by atoms with van der Waals surface area (Å²) in [6, 6.07) is 0.169. The van der Waals surface area contributed by atoms with Crippen molar-refractivity contribution in [1.82, 2.24) is 14.7 Å². The number of aryl methyl sites for hydroxylation is 1. The van der Waals surface area contributed by atoms with Gasteiger partial charge >= 0.3 is 5.97 Å². The van der Waals surface area contributed by atoms with Crippen molar-refractivity contribution in [3.8, 4) is 0 Å². The van der Waals surface area contributed by atoms with Gasteiger partial charge in [0.25, 0.3) is 0 Å². The third-order valence-electron chi connectivity index (χ3n) is 4.24. The highest BCUT2D eigenvalue weighted by molar-refractivity contribution is 5.71. The Labute approximate surface area is 112 Å². The number of rotatable bonds is 2. The van der Waals surface area contributed by atoms with E-state index < -0.39 is 5.97 Å². The van der Waals surface area contributed by atoms with Gasteiger partial charge in [-0.25, -0.2) is 0 Å². The van der Waals surface area contributed by atoms with E-state index in [0.29, 0.717) is 12.8 Å². The normalized spacial score (nSPS) is 28.1. The second kappa shape index (κ2) is 4.94. The number of nitrogens with zero attached hydrogens (tertiary/aromatic N) is 3. The summed E-state index contributed by atoms with van der Waals surface area (Å²) in [6.07, 6.45) is 3.16. The Bertz CT molecular complexity index is 479. The Morgan fingerprint density at radius 3 is 2.89 bits per heavy atom. The molecule has 0 aromatic carbocycles. The van der Waals surface area contributed by atoms with E-state index in [1.54, 1.807) is 0 Å². The van der Waals surface area contributed by atoms with Gasteiger partial charge in [0.05, 0.1) is 25.3 Å². The van der Waals surface area contributed by atoms with Crippen molar-refractivity contribution < 1.29 is 14.6 Å². The second-order valence-electron chi connectivity index (χ2n) is 5.31. The highest BCUT2D eigenvalue weighted by atomic mass is 16.5. The highest BCUT2D eigenvalue weighted by Gasteiger charge is 2.36. The molecule has 1 aromatic rings. The van der Waals surface area contributed by atoms with Crippen LogP contribution >= 0.6 is 0 Å². The molecule has 1 aromatic heterocycles. The molecule has 2 aliphatic rings. The van der Waals surface area contributed by atoms with E-state index >= 15 is 0 Å². The fraction of sp³-hybridized carbons (Fsp3) is 0.692. The summed E-state index contributed by atoms with van der Waals surface area (Å²) < 4.78 is 7.20. The summed E-state index contributed by atoms with van der Waals surface area (Å²) in [7, 11) is 1.89. The van der Waals surface area contributed by atoms with E-state index in [9.17, 15) is 9.90 Å². The monoisotopic (exact) mass is 265 g/mol. The molecule has 0 spiro atoms. The van der Waals surface area contributed by atoms with Crippen LogP contribution in [0, 0.1) is 5.92 Å². The molecule has 0 amide bonds. The molecule has 3 rings (SSSR count). The van der Waals surface area contributed by atoms with Crippen LogP contribution < -0.4 is 0 Å². The number of carbonyl (C=O) groups is 1. The summed E-state index contributed by atoms with van der Waals surface area (Å²) in [6.45, 7) is 3.18. The number of aromatic nitrogens is 2. The molecule has 104 valence electrons. The average molecular weight is 265 g/mol. The lowest BCUT2D eigenvalue weighted by atomic mass is 9.83. The minimum atomic E-state index is -0.704. The van der Waals surface area contributed by atoms with Gasteiger partial charge in [0, 0.05) is 43.9 Å². The molecule has 6 nitrogen and oxygen atoms in total. The zero-order valence-corrected chi connectivity index (χ0v) is 11.1. The van der Waals surface area contributed by atoms with E-state index in [1.165, 1.54) is 5.56 Å². The minimum absolute atomic E-state index is 0.169. The lowest BCUT2D eigenvalue weighted by Crippen LogP contribution is -2.42. The van der Waals surface area contributed by atoms with Crippen molar-refractivity contribution in [3.63, 3.8) is 0 Å². The number of hydrogen-bond acceptors (Lipinski definition) is 4. The number of fused-ring (bicyclic) bond motifs is 1. The van der Waals surface area contributed by atoms with E-state index in [0.717, 1.165) is 32.0 Å². The number of ether oxygens (including phenoxy) is 1. The number of aliphatic carboxylic acids is 1. The molecule has 1 aliphatic carbocycles. The van der Waals surface area contributed by atoms with Crippen LogP contribution in [0.2, 0.25) is 0 Å². The zero-order chi connectivity index (χ0) is 13.4. The molecule has 19 heavy (non-hydrogen) atoms. The number of carboxylic acids is 1. The molecule has 6 heteroatoms. The Kier molecular flexibility index (Phi) is 3.28. The fourth-order valence-corrected chi connectivity index (χ4v) is 3.14. The van der Waals surface area contributed by atoms with Gasteiger partial charge in [0.1, 0.15) is 0 Å². The number of hydrogen-bond donors (Lipinski definition) is 1. The van der Waals surface area contributed by atoms with Crippen molar-refractivity contribution in [1.29, 1.82) is 0 Å². The van der Waals surface area contributed by atoms with Crippen LogP contribution in [0.15, 0.2) is 6.20 Å². The van der Waals surface area contributed by atoms with Gasteiger partial charge < -0.3 is 9.84 Å².